The molecule has 0 bridgehead atoms. The van der Waals surface area contributed by atoms with Crippen LogP contribution in [0.25, 0.3) is 16.6 Å². The zero-order valence-corrected chi connectivity index (χ0v) is 20.7. The maximum absolute atomic E-state index is 11.9. The molecule has 2 aromatic rings. The van der Waals surface area contributed by atoms with Gasteiger partial charge in [0.05, 0.1) is 42.3 Å². The summed E-state index contributed by atoms with van der Waals surface area (Å²) in [7, 11) is 3.49. The largest absolute Gasteiger partial charge is 0.454 e. The number of nitrogens with two attached hydrogens (primary N) is 1. The van der Waals surface area contributed by atoms with E-state index in [-0.39, 0.29) is 13.4 Å². The molecule has 35 heavy (non-hydrogen) atoms. The number of nitrogens with zero attached hydrogens (tertiary/aromatic N) is 2. The molecule has 0 unspecified atom stereocenters. The Balaban J connectivity index is 1.94. The fraction of sp³-hybridized carbons (Fsp3) is 0.462. The number of fused-ring (bicyclic) bond motifs is 3. The van der Waals surface area contributed by atoms with E-state index in [9.17, 15) is 9.90 Å². The third-order valence-corrected chi connectivity index (χ3v) is 6.59. The van der Waals surface area contributed by atoms with E-state index in [1.165, 1.54) is 7.11 Å². The zero-order chi connectivity index (χ0) is 25.2. The molecule has 0 fully saturated rings. The zero-order valence-electron chi connectivity index (χ0n) is 20.7. The molecule has 2 aliphatic heterocycles. The first-order chi connectivity index (χ1) is 16.8. The van der Waals surface area contributed by atoms with Crippen molar-refractivity contribution >= 4 is 22.9 Å². The molecule has 0 aliphatic carbocycles. The van der Waals surface area contributed by atoms with Crippen LogP contribution in [0.4, 0.5) is 0 Å². The molecule has 0 spiro atoms. The lowest BCUT2D eigenvalue weighted by molar-refractivity contribution is -0.105. The summed E-state index contributed by atoms with van der Waals surface area (Å²) in [5.41, 5.74) is 9.70. The summed E-state index contributed by atoms with van der Waals surface area (Å²) in [6, 6.07) is 3.82. The Morgan fingerprint density at radius 2 is 2.09 bits per heavy atom. The lowest BCUT2D eigenvalue weighted by atomic mass is 9.88. The van der Waals surface area contributed by atoms with Crippen molar-refractivity contribution in [3.63, 3.8) is 0 Å². The summed E-state index contributed by atoms with van der Waals surface area (Å²) < 4.78 is 22.3. The summed E-state index contributed by atoms with van der Waals surface area (Å²) in [5.74, 6) is 1.33. The van der Waals surface area contributed by atoms with Crippen LogP contribution in [0.15, 0.2) is 29.4 Å². The van der Waals surface area contributed by atoms with E-state index in [0.717, 1.165) is 39.7 Å². The predicted octanol–water partition coefficient (Wildman–Crippen LogP) is 2.53. The molecular weight excluding hydrogens is 450 g/mol. The van der Waals surface area contributed by atoms with Gasteiger partial charge in [-0.3, -0.25) is 4.79 Å². The van der Waals surface area contributed by atoms with Crippen LogP contribution in [-0.2, 0) is 27.4 Å². The van der Waals surface area contributed by atoms with E-state index in [4.69, 9.17) is 29.7 Å². The van der Waals surface area contributed by atoms with Crippen LogP contribution in [-0.4, -0.2) is 67.6 Å². The number of aliphatic hydroxyl groups is 1. The normalized spacial score (nSPS) is 18.1. The van der Waals surface area contributed by atoms with Crippen LogP contribution in [0.5, 0.6) is 11.5 Å². The highest BCUT2D eigenvalue weighted by molar-refractivity contribution is 5.90. The van der Waals surface area contributed by atoms with Gasteiger partial charge in [0.2, 0.25) is 6.79 Å². The average Bonchev–Trinajstić information content (AvgIpc) is 3.42. The molecule has 0 radical (unpaired) electrons. The third kappa shape index (κ3) is 4.77. The van der Waals surface area contributed by atoms with E-state index in [1.54, 1.807) is 6.92 Å². The summed E-state index contributed by atoms with van der Waals surface area (Å²) in [4.78, 5) is 19.0. The van der Waals surface area contributed by atoms with Crippen molar-refractivity contribution in [1.29, 1.82) is 0 Å². The highest BCUT2D eigenvalue weighted by Crippen LogP contribution is 2.42. The second-order valence-corrected chi connectivity index (χ2v) is 8.98. The Kier molecular flexibility index (Phi) is 7.42. The molecule has 1 aromatic carbocycles. The maximum atomic E-state index is 11.9. The molecule has 188 valence electrons. The smallest absolute Gasteiger partial charge is 0.231 e. The summed E-state index contributed by atoms with van der Waals surface area (Å²) in [6.45, 7) is 5.69. The maximum Gasteiger partial charge on any atom is 0.231 e. The van der Waals surface area contributed by atoms with E-state index in [0.29, 0.717) is 55.4 Å². The molecule has 1 atom stereocenters. The fourth-order valence-electron chi connectivity index (χ4n) is 4.50. The van der Waals surface area contributed by atoms with E-state index < -0.39 is 5.60 Å². The van der Waals surface area contributed by atoms with Crippen LogP contribution < -0.4 is 15.2 Å². The Hall–Kier alpha value is -2.98. The number of aromatic nitrogens is 1. The standard InChI is InChI=1S/C26H33N3O6/c1-5-26(2,31)20(16(12-30)13-32-4)9-22-25-18(11-29(22)3)19(14-33-7-6-27)17-8-23-24(35-15-34-23)10-21(17)28-25/h8-10,12,31H,5-7,11,13-15,27H2,1-4H3/b20-16-,22-9-/t26-/m0/s1. The minimum atomic E-state index is -1.22. The summed E-state index contributed by atoms with van der Waals surface area (Å²) >= 11 is 0. The van der Waals surface area contributed by atoms with Gasteiger partial charge in [0.25, 0.3) is 0 Å². The van der Waals surface area contributed by atoms with Gasteiger partial charge in [0, 0.05) is 49.8 Å². The first kappa shape index (κ1) is 25.1. The molecule has 4 rings (SSSR count). The van der Waals surface area contributed by atoms with Crippen LogP contribution in [0.1, 0.15) is 37.1 Å². The molecule has 0 amide bonds. The second kappa shape index (κ2) is 10.3. The van der Waals surface area contributed by atoms with Crippen molar-refractivity contribution in [1.82, 2.24) is 9.88 Å². The third-order valence-electron chi connectivity index (χ3n) is 6.59. The van der Waals surface area contributed by atoms with Gasteiger partial charge < -0.3 is 34.7 Å². The molecule has 3 heterocycles. The first-order valence-corrected chi connectivity index (χ1v) is 11.7. The SMILES string of the molecule is CC[C@](C)(O)C(/C=C1/c2nc3cc4c(cc3c(COCCN)c2CN1C)OCO4)=C(/C=O)COC. The Morgan fingerprint density at radius 3 is 2.74 bits per heavy atom. The first-order valence-electron chi connectivity index (χ1n) is 11.7. The number of methoxy groups -OCH3 is 1. The van der Waals surface area contributed by atoms with Gasteiger partial charge in [-0.15, -0.1) is 0 Å². The van der Waals surface area contributed by atoms with Gasteiger partial charge in [-0.05, 0) is 36.6 Å². The molecule has 2 aliphatic rings. The number of rotatable bonds is 10. The van der Waals surface area contributed by atoms with Crippen molar-refractivity contribution in [3.8, 4) is 11.5 Å². The van der Waals surface area contributed by atoms with Crippen molar-refractivity contribution in [2.45, 2.75) is 39.0 Å². The summed E-state index contributed by atoms with van der Waals surface area (Å²) in [5, 5.41) is 12.1. The van der Waals surface area contributed by atoms with Gasteiger partial charge in [0.1, 0.15) is 6.29 Å². The number of ether oxygens (including phenoxy) is 4. The van der Waals surface area contributed by atoms with Crippen LogP contribution >= 0.6 is 0 Å². The average molecular weight is 484 g/mol. The molecule has 0 saturated carbocycles. The number of hydrogen-bond donors (Lipinski definition) is 2. The number of hydrogen-bond acceptors (Lipinski definition) is 9. The van der Waals surface area contributed by atoms with Crippen LogP contribution in [0.2, 0.25) is 0 Å². The second-order valence-electron chi connectivity index (χ2n) is 8.98. The predicted molar refractivity (Wildman–Crippen MR) is 132 cm³/mol. The van der Waals surface area contributed by atoms with E-state index >= 15 is 0 Å². The highest BCUT2D eigenvalue weighted by Gasteiger charge is 2.32. The highest BCUT2D eigenvalue weighted by atomic mass is 16.7. The quantitative estimate of drug-likeness (QED) is 0.299. The number of aldehydes is 1. The minimum Gasteiger partial charge on any atom is -0.454 e. The number of carbonyl (C=O) groups is 1. The minimum absolute atomic E-state index is 0.0993. The van der Waals surface area contributed by atoms with E-state index in [1.807, 2.05) is 32.2 Å². The molecule has 9 heteroatoms. The van der Waals surface area contributed by atoms with Crippen molar-refractivity contribution in [3.05, 3.63) is 46.2 Å². The fourth-order valence-corrected chi connectivity index (χ4v) is 4.50. The number of carbonyl (C=O) groups excluding carboxylic acids is 1. The van der Waals surface area contributed by atoms with Crippen molar-refractivity contribution in [2.24, 2.45) is 5.73 Å². The van der Waals surface area contributed by atoms with Gasteiger partial charge >= 0.3 is 0 Å². The lowest BCUT2D eigenvalue weighted by Gasteiger charge is -2.26. The Bertz CT molecular complexity index is 1190. The van der Waals surface area contributed by atoms with E-state index in [2.05, 4.69) is 4.90 Å². The van der Waals surface area contributed by atoms with Crippen LogP contribution in [0.3, 0.4) is 0 Å². The van der Waals surface area contributed by atoms with Crippen molar-refractivity contribution < 1.29 is 28.8 Å². The van der Waals surface area contributed by atoms with Crippen molar-refractivity contribution in [2.75, 3.05) is 40.7 Å². The lowest BCUT2D eigenvalue weighted by Crippen LogP contribution is -2.28. The summed E-state index contributed by atoms with van der Waals surface area (Å²) in [6.07, 6.45) is 3.03. The van der Waals surface area contributed by atoms with Crippen LogP contribution in [0, 0.1) is 0 Å². The Labute approximate surface area is 205 Å². The van der Waals surface area contributed by atoms with Gasteiger partial charge in [-0.25, -0.2) is 4.98 Å². The monoisotopic (exact) mass is 483 g/mol. The molecule has 1 aromatic heterocycles. The Morgan fingerprint density at radius 1 is 1.34 bits per heavy atom. The molecule has 3 N–H and O–H groups in total. The van der Waals surface area contributed by atoms with Gasteiger partial charge in [-0.2, -0.15) is 0 Å². The molecular formula is C26H33N3O6. The number of benzene rings is 1. The molecule has 9 nitrogen and oxygen atoms in total. The molecule has 0 saturated heterocycles. The topological polar surface area (TPSA) is 116 Å². The van der Waals surface area contributed by atoms with Gasteiger partial charge in [-0.1, -0.05) is 6.92 Å². The number of pyridine rings is 1. The van der Waals surface area contributed by atoms with Gasteiger partial charge in [0.15, 0.2) is 11.5 Å².